The maximum atomic E-state index is 14.2. The Morgan fingerprint density at radius 3 is 2.50 bits per heavy atom. The van der Waals surface area contributed by atoms with E-state index in [0.29, 0.717) is 55.5 Å². The van der Waals surface area contributed by atoms with Gasteiger partial charge in [0.05, 0.1) is 11.3 Å². The Hall–Kier alpha value is -3.85. The van der Waals surface area contributed by atoms with Crippen LogP contribution in [0.4, 0.5) is 5.69 Å². The van der Waals surface area contributed by atoms with Crippen LogP contribution in [0.3, 0.4) is 0 Å². The lowest BCUT2D eigenvalue weighted by Gasteiger charge is -2.34. The average molecular weight is 492 g/mol. The fraction of sp³-hybridized carbons (Fsp3) is 0.370. The molecule has 188 valence electrons. The van der Waals surface area contributed by atoms with Crippen LogP contribution >= 0.6 is 0 Å². The highest BCUT2D eigenvalue weighted by Gasteiger charge is 2.66. The van der Waals surface area contributed by atoms with Gasteiger partial charge in [-0.1, -0.05) is 18.2 Å². The first kappa shape index (κ1) is 23.9. The molecule has 0 bridgehead atoms. The second-order valence-corrected chi connectivity index (χ2v) is 9.30. The lowest BCUT2D eigenvalue weighted by molar-refractivity contribution is -0.143. The average Bonchev–Trinajstić information content (AvgIpc) is 3.26. The van der Waals surface area contributed by atoms with Crippen LogP contribution in [0.15, 0.2) is 48.0 Å². The first-order valence-corrected chi connectivity index (χ1v) is 12.1. The molecule has 3 heterocycles. The number of carbonyl (C=O) groups excluding carboxylic acids is 3. The minimum absolute atomic E-state index is 0.179. The van der Waals surface area contributed by atoms with Crippen molar-refractivity contribution in [3.63, 3.8) is 0 Å². The van der Waals surface area contributed by atoms with E-state index in [1.807, 2.05) is 32.0 Å². The van der Waals surface area contributed by atoms with Crippen LogP contribution in [0.5, 0.6) is 11.5 Å². The van der Waals surface area contributed by atoms with E-state index in [0.717, 1.165) is 0 Å². The number of fused-ring (bicyclic) bond motifs is 3. The van der Waals surface area contributed by atoms with Crippen LogP contribution in [-0.2, 0) is 19.9 Å². The molecular weight excluding hydrogens is 462 g/mol. The second-order valence-electron chi connectivity index (χ2n) is 9.30. The number of aliphatic hydroxyl groups excluding tert-OH is 1. The maximum absolute atomic E-state index is 14.2. The zero-order valence-electron chi connectivity index (χ0n) is 20.6. The fourth-order valence-electron chi connectivity index (χ4n) is 5.36. The molecule has 1 saturated heterocycles. The topological polar surface area (TPSA) is 99.6 Å². The van der Waals surface area contributed by atoms with Gasteiger partial charge in [0.25, 0.3) is 17.6 Å². The van der Waals surface area contributed by atoms with Gasteiger partial charge in [-0.15, -0.1) is 0 Å². The Labute approximate surface area is 209 Å². The summed E-state index contributed by atoms with van der Waals surface area (Å²) in [5.74, 6) is -1.57. The zero-order chi connectivity index (χ0) is 25.6. The van der Waals surface area contributed by atoms with Crippen molar-refractivity contribution in [1.29, 1.82) is 0 Å². The molecule has 0 saturated carbocycles. The zero-order valence-corrected chi connectivity index (χ0v) is 20.6. The van der Waals surface area contributed by atoms with E-state index < -0.39 is 28.9 Å². The smallest absolute Gasteiger partial charge is 0.296 e. The van der Waals surface area contributed by atoms with Gasteiger partial charge in [-0.3, -0.25) is 14.4 Å². The normalized spacial score (nSPS) is 22.2. The largest absolute Gasteiger partial charge is 0.507 e. The number of nitrogens with zero attached hydrogens (tertiary/aromatic N) is 3. The Kier molecular flexibility index (Phi) is 5.96. The number of rotatable bonds is 6. The molecule has 5 rings (SSSR count). The first-order chi connectivity index (χ1) is 17.3. The van der Waals surface area contributed by atoms with Gasteiger partial charge in [0.15, 0.2) is 17.0 Å². The van der Waals surface area contributed by atoms with Gasteiger partial charge in [0.2, 0.25) is 0 Å². The number of hydrogen-bond acceptors (Lipinski definition) is 7. The van der Waals surface area contributed by atoms with Crippen LogP contribution in [0.2, 0.25) is 0 Å². The summed E-state index contributed by atoms with van der Waals surface area (Å²) in [5, 5.41) is 11.6. The molecule has 1 atom stereocenters. The standard InChI is InChI=1S/C27H29N3O6/c1-4-29-19-9-6-5-8-18(19)27(26(29)34)22(24(32)25(33)30(27)13-7-12-28(2)3)23(31)17-10-11-20-21(16-17)36-15-14-35-20/h5-6,8-11,16,31H,4,7,12-15H2,1-3H3/b23-22-. The molecule has 2 aromatic rings. The predicted octanol–water partition coefficient (Wildman–Crippen LogP) is 2.35. The number of ketones is 1. The maximum Gasteiger partial charge on any atom is 0.296 e. The Morgan fingerprint density at radius 2 is 1.78 bits per heavy atom. The van der Waals surface area contributed by atoms with Crippen molar-refractivity contribution in [3.05, 3.63) is 59.2 Å². The number of amides is 2. The Balaban J connectivity index is 1.74. The number of carbonyl (C=O) groups is 3. The number of hydrogen-bond donors (Lipinski definition) is 1. The molecule has 1 spiro atoms. The molecule has 1 unspecified atom stereocenters. The molecule has 0 aromatic heterocycles. The van der Waals surface area contributed by atoms with E-state index >= 15 is 0 Å². The second kappa shape index (κ2) is 8.98. The molecule has 0 aliphatic carbocycles. The van der Waals surface area contributed by atoms with Gasteiger partial charge in [-0.2, -0.15) is 0 Å². The summed E-state index contributed by atoms with van der Waals surface area (Å²) in [4.78, 5) is 46.1. The van der Waals surface area contributed by atoms with Crippen LogP contribution in [0, 0.1) is 0 Å². The summed E-state index contributed by atoms with van der Waals surface area (Å²) in [6, 6.07) is 12.0. The highest BCUT2D eigenvalue weighted by molar-refractivity contribution is 6.50. The third kappa shape index (κ3) is 3.37. The van der Waals surface area contributed by atoms with Crippen molar-refractivity contribution < 1.29 is 29.0 Å². The fourth-order valence-corrected chi connectivity index (χ4v) is 5.36. The summed E-state index contributed by atoms with van der Waals surface area (Å²) in [6.07, 6.45) is 0.549. The summed E-state index contributed by atoms with van der Waals surface area (Å²) in [6.45, 7) is 3.80. The van der Waals surface area contributed by atoms with Crippen molar-refractivity contribution in [2.24, 2.45) is 0 Å². The van der Waals surface area contributed by atoms with Crippen molar-refractivity contribution in [2.45, 2.75) is 18.9 Å². The Morgan fingerprint density at radius 1 is 1.06 bits per heavy atom. The van der Waals surface area contributed by atoms with Gasteiger partial charge >= 0.3 is 0 Å². The highest BCUT2D eigenvalue weighted by Crippen LogP contribution is 2.53. The van der Waals surface area contributed by atoms with E-state index in [-0.39, 0.29) is 17.7 Å². The summed E-state index contributed by atoms with van der Waals surface area (Å²) < 4.78 is 11.2. The van der Waals surface area contributed by atoms with E-state index in [1.54, 1.807) is 41.3 Å². The third-order valence-electron chi connectivity index (χ3n) is 6.93. The van der Waals surface area contributed by atoms with Crippen molar-refractivity contribution in [2.75, 3.05) is 51.8 Å². The Bertz CT molecular complexity index is 1290. The summed E-state index contributed by atoms with van der Waals surface area (Å²) in [7, 11) is 3.83. The van der Waals surface area contributed by atoms with Gasteiger partial charge in [0, 0.05) is 24.2 Å². The molecule has 9 nitrogen and oxygen atoms in total. The molecule has 1 fully saturated rings. The number of likely N-dealkylation sites (N-methyl/N-ethyl adjacent to an activating group) is 1. The number of anilines is 1. The molecule has 3 aliphatic rings. The minimum atomic E-state index is -1.75. The van der Waals surface area contributed by atoms with Gasteiger partial charge in [-0.05, 0) is 58.3 Å². The molecule has 3 aliphatic heterocycles. The molecule has 9 heteroatoms. The summed E-state index contributed by atoms with van der Waals surface area (Å²) >= 11 is 0. The van der Waals surface area contributed by atoms with E-state index in [2.05, 4.69) is 0 Å². The third-order valence-corrected chi connectivity index (χ3v) is 6.93. The number of ether oxygens (including phenoxy) is 2. The van der Waals surface area contributed by atoms with Crippen molar-refractivity contribution >= 4 is 29.0 Å². The lowest BCUT2D eigenvalue weighted by atomic mass is 9.81. The first-order valence-electron chi connectivity index (χ1n) is 12.1. The highest BCUT2D eigenvalue weighted by atomic mass is 16.6. The monoisotopic (exact) mass is 491 g/mol. The minimum Gasteiger partial charge on any atom is -0.507 e. The molecule has 2 amide bonds. The van der Waals surface area contributed by atoms with Crippen LogP contribution < -0.4 is 14.4 Å². The molecule has 36 heavy (non-hydrogen) atoms. The van der Waals surface area contributed by atoms with Crippen LogP contribution in [0.1, 0.15) is 24.5 Å². The molecule has 2 aromatic carbocycles. The predicted molar refractivity (Wildman–Crippen MR) is 133 cm³/mol. The van der Waals surface area contributed by atoms with Crippen molar-refractivity contribution in [1.82, 2.24) is 9.80 Å². The van der Waals surface area contributed by atoms with Crippen LogP contribution in [0.25, 0.3) is 5.76 Å². The number of Topliss-reactive ketones (excluding diaryl/α,β-unsaturated/α-hetero) is 1. The van der Waals surface area contributed by atoms with Gasteiger partial charge < -0.3 is 29.3 Å². The van der Waals surface area contributed by atoms with Crippen LogP contribution in [-0.4, -0.2) is 79.4 Å². The van der Waals surface area contributed by atoms with E-state index in [9.17, 15) is 19.5 Å². The number of likely N-dealkylation sites (tertiary alicyclic amines) is 1. The number of para-hydroxylation sites is 1. The molecule has 0 radical (unpaired) electrons. The van der Waals surface area contributed by atoms with Crippen molar-refractivity contribution in [3.8, 4) is 11.5 Å². The molecular formula is C27H29N3O6. The SMILES string of the molecule is CCN1C(=O)C2(/C(=C(\O)c3ccc4c(c3)OCCO4)C(=O)C(=O)N2CCCN(C)C)c2ccccc21. The van der Waals surface area contributed by atoms with Gasteiger partial charge in [0.1, 0.15) is 19.0 Å². The number of aliphatic hydroxyl groups is 1. The molecule has 1 N–H and O–H groups in total. The lowest BCUT2D eigenvalue weighted by Crippen LogP contribution is -2.52. The summed E-state index contributed by atoms with van der Waals surface area (Å²) in [5.41, 5.74) is -0.560. The van der Waals surface area contributed by atoms with Gasteiger partial charge in [-0.25, -0.2) is 0 Å². The van der Waals surface area contributed by atoms with E-state index in [1.165, 1.54) is 4.90 Å². The number of benzene rings is 2. The quantitative estimate of drug-likeness (QED) is 0.376. The van der Waals surface area contributed by atoms with E-state index in [4.69, 9.17) is 9.47 Å².